The summed E-state index contributed by atoms with van der Waals surface area (Å²) in [6, 6.07) is 51.4. The molecule has 0 heterocycles. The van der Waals surface area contributed by atoms with Gasteiger partial charge in [0, 0.05) is 33.3 Å². The number of fused-ring (bicyclic) bond motifs is 9. The maximum atomic E-state index is 2.71. The summed E-state index contributed by atoms with van der Waals surface area (Å²) in [5.41, 5.74) is 21.6. The Kier molecular flexibility index (Phi) is 18.4. The molecule has 0 aliphatic heterocycles. The molecule has 6 aromatic rings. The Hall–Kier alpha value is -4.88. The Balaban J connectivity index is 1.19. The van der Waals surface area contributed by atoms with Crippen molar-refractivity contribution in [2.75, 3.05) is 4.90 Å². The van der Waals surface area contributed by atoms with Crippen LogP contribution in [0.25, 0.3) is 33.4 Å². The van der Waals surface area contributed by atoms with E-state index < -0.39 is 0 Å². The Bertz CT molecular complexity index is 2580. The highest BCUT2D eigenvalue weighted by Crippen LogP contribution is 2.59. The molecular weight excluding hydrogens is 891 g/mol. The first-order chi connectivity index (χ1) is 36.3. The minimum Gasteiger partial charge on any atom is -0.310 e. The van der Waals surface area contributed by atoms with Crippen LogP contribution < -0.4 is 4.90 Å². The van der Waals surface area contributed by atoms with Crippen molar-refractivity contribution in [3.05, 3.63) is 161 Å². The fourth-order valence-corrected chi connectivity index (χ4v) is 14.6. The summed E-state index contributed by atoms with van der Waals surface area (Å²) in [5, 5.41) is 0. The van der Waals surface area contributed by atoms with Gasteiger partial charge in [-0.25, -0.2) is 0 Å². The molecular formula is C73H95N. The molecule has 0 fully saturated rings. The van der Waals surface area contributed by atoms with Crippen LogP contribution in [-0.2, 0) is 16.2 Å². The van der Waals surface area contributed by atoms with Crippen molar-refractivity contribution in [3.8, 4) is 33.4 Å². The van der Waals surface area contributed by atoms with E-state index in [0.717, 1.165) is 0 Å². The van der Waals surface area contributed by atoms with Gasteiger partial charge in [-0.2, -0.15) is 0 Å². The van der Waals surface area contributed by atoms with E-state index in [1.165, 1.54) is 241 Å². The predicted octanol–water partition coefficient (Wildman–Crippen LogP) is 23.0. The molecule has 3 aliphatic rings. The predicted molar refractivity (Wildman–Crippen MR) is 323 cm³/mol. The van der Waals surface area contributed by atoms with E-state index in [2.05, 4.69) is 174 Å². The smallest absolute Gasteiger partial charge is 0.0465 e. The lowest BCUT2D eigenvalue weighted by Crippen LogP contribution is -2.26. The van der Waals surface area contributed by atoms with Crippen molar-refractivity contribution >= 4 is 17.1 Å². The van der Waals surface area contributed by atoms with Crippen molar-refractivity contribution in [1.82, 2.24) is 0 Å². The van der Waals surface area contributed by atoms with Crippen LogP contribution in [0.5, 0.6) is 0 Å². The van der Waals surface area contributed by atoms with Gasteiger partial charge in [0.05, 0.1) is 0 Å². The van der Waals surface area contributed by atoms with Gasteiger partial charge in [0.2, 0.25) is 0 Å². The Morgan fingerprint density at radius 3 is 0.905 bits per heavy atom. The molecule has 74 heavy (non-hydrogen) atoms. The zero-order chi connectivity index (χ0) is 51.4. The second kappa shape index (κ2) is 25.3. The molecule has 0 spiro atoms. The third-order valence-electron chi connectivity index (χ3n) is 18.7. The van der Waals surface area contributed by atoms with Crippen molar-refractivity contribution in [1.29, 1.82) is 0 Å². The van der Waals surface area contributed by atoms with Crippen molar-refractivity contribution in [3.63, 3.8) is 0 Å². The first kappa shape index (κ1) is 53.9. The molecule has 0 aromatic heterocycles. The standard InChI is InChI=1S/C73H95N/c1-7-11-15-19-23-33-49-72(50-34-24-20-16-12-8-2)66-41-31-28-38-60(66)63-47-44-57(54-69(63)72)74(56-43-46-62-59-37-27-30-40-65(59)71(5,6)68(62)53-56)58-45-48-64-61-39-29-32-42-67(61)73(70(64)55-58,51-35-25-21-17-13-9-3)52-36-26-22-18-14-10-4/h27-32,37-48,53-55H,7-26,33-36,49-52H2,1-6H3. The highest BCUT2D eigenvalue weighted by Gasteiger charge is 2.45. The lowest BCUT2D eigenvalue weighted by atomic mass is 9.70. The van der Waals surface area contributed by atoms with Crippen molar-refractivity contribution < 1.29 is 0 Å². The van der Waals surface area contributed by atoms with Gasteiger partial charge < -0.3 is 4.90 Å². The summed E-state index contributed by atoms with van der Waals surface area (Å²) < 4.78 is 0. The lowest BCUT2D eigenvalue weighted by Gasteiger charge is -2.35. The monoisotopic (exact) mass is 986 g/mol. The van der Waals surface area contributed by atoms with Crippen LogP contribution in [0.3, 0.4) is 0 Å². The highest BCUT2D eigenvalue weighted by molar-refractivity contribution is 5.90. The Morgan fingerprint density at radius 1 is 0.270 bits per heavy atom. The second-order valence-corrected chi connectivity index (χ2v) is 24.0. The third kappa shape index (κ3) is 11.0. The second-order valence-electron chi connectivity index (χ2n) is 24.0. The molecule has 1 heteroatoms. The average molecular weight is 987 g/mol. The zero-order valence-corrected chi connectivity index (χ0v) is 47.4. The topological polar surface area (TPSA) is 3.24 Å². The van der Waals surface area contributed by atoms with Crippen LogP contribution in [0.4, 0.5) is 17.1 Å². The molecule has 0 unspecified atom stereocenters. The van der Waals surface area contributed by atoms with Gasteiger partial charge in [0.25, 0.3) is 0 Å². The van der Waals surface area contributed by atoms with Gasteiger partial charge in [0.1, 0.15) is 0 Å². The molecule has 3 aliphatic carbocycles. The Morgan fingerprint density at radius 2 is 0.541 bits per heavy atom. The number of hydrogen-bond donors (Lipinski definition) is 0. The minimum absolute atomic E-state index is 0.00762. The summed E-state index contributed by atoms with van der Waals surface area (Å²) in [7, 11) is 0. The van der Waals surface area contributed by atoms with Gasteiger partial charge in [-0.1, -0.05) is 287 Å². The summed E-state index contributed by atoms with van der Waals surface area (Å²) in [5.74, 6) is 0. The van der Waals surface area contributed by atoms with Crippen LogP contribution in [0.1, 0.15) is 255 Å². The number of benzene rings is 6. The first-order valence-electron chi connectivity index (χ1n) is 30.9. The van der Waals surface area contributed by atoms with Crippen molar-refractivity contribution in [2.45, 2.75) is 238 Å². The SMILES string of the molecule is CCCCCCCCC1(CCCCCCCC)c2ccccc2-c2ccc(N(c3ccc4c(c3)C(C)(C)c3ccccc3-4)c3ccc4c(c3)C(CCCCCCCC)(CCCCCCCC)c3ccccc3-4)cc21. The molecule has 9 rings (SSSR count). The number of rotatable bonds is 31. The molecule has 1 nitrogen and oxygen atoms in total. The van der Waals surface area contributed by atoms with Crippen molar-refractivity contribution in [2.24, 2.45) is 0 Å². The van der Waals surface area contributed by atoms with E-state index in [9.17, 15) is 0 Å². The molecule has 0 N–H and O–H groups in total. The highest BCUT2D eigenvalue weighted by atomic mass is 15.1. The first-order valence-corrected chi connectivity index (χ1v) is 30.9. The van der Waals surface area contributed by atoms with Crippen LogP contribution in [0.2, 0.25) is 0 Å². The van der Waals surface area contributed by atoms with Gasteiger partial charge in [-0.05, 0) is 129 Å². The summed E-state index contributed by atoms with van der Waals surface area (Å²) in [6.45, 7) is 14.3. The molecule has 6 aromatic carbocycles. The van der Waals surface area contributed by atoms with Crippen LogP contribution in [0, 0.1) is 0 Å². The maximum Gasteiger partial charge on any atom is 0.0465 e. The molecule has 0 saturated heterocycles. The minimum atomic E-state index is -0.0976. The van der Waals surface area contributed by atoms with E-state index >= 15 is 0 Å². The van der Waals surface area contributed by atoms with Gasteiger partial charge in [-0.15, -0.1) is 0 Å². The van der Waals surface area contributed by atoms with Crippen LogP contribution in [0.15, 0.2) is 127 Å². The molecule has 0 atom stereocenters. The van der Waals surface area contributed by atoms with Crippen LogP contribution in [-0.4, -0.2) is 0 Å². The van der Waals surface area contributed by atoms with E-state index in [1.54, 1.807) is 22.3 Å². The molecule has 0 saturated carbocycles. The number of unbranched alkanes of at least 4 members (excludes halogenated alkanes) is 20. The fraction of sp³-hybridized carbons (Fsp3) is 0.507. The zero-order valence-electron chi connectivity index (χ0n) is 47.4. The third-order valence-corrected chi connectivity index (χ3v) is 18.7. The summed E-state index contributed by atoms with van der Waals surface area (Å²) >= 11 is 0. The number of nitrogens with zero attached hydrogens (tertiary/aromatic N) is 1. The fourth-order valence-electron chi connectivity index (χ4n) is 14.6. The largest absolute Gasteiger partial charge is 0.310 e. The lowest BCUT2D eigenvalue weighted by molar-refractivity contribution is 0.398. The normalized spacial score (nSPS) is 14.8. The Labute approximate surface area is 451 Å². The maximum absolute atomic E-state index is 2.71. The van der Waals surface area contributed by atoms with E-state index in [1.807, 2.05) is 0 Å². The molecule has 392 valence electrons. The average Bonchev–Trinajstić information content (AvgIpc) is 3.97. The molecule has 0 radical (unpaired) electrons. The number of anilines is 3. The van der Waals surface area contributed by atoms with E-state index in [4.69, 9.17) is 0 Å². The quantitative estimate of drug-likeness (QED) is 0.0392. The van der Waals surface area contributed by atoms with Gasteiger partial charge >= 0.3 is 0 Å². The number of hydrogen-bond acceptors (Lipinski definition) is 1. The summed E-state index contributed by atoms with van der Waals surface area (Å²) in [6.07, 6.45) is 36.8. The molecule has 0 amide bonds. The van der Waals surface area contributed by atoms with E-state index in [-0.39, 0.29) is 16.2 Å². The van der Waals surface area contributed by atoms with Gasteiger partial charge in [0.15, 0.2) is 0 Å². The summed E-state index contributed by atoms with van der Waals surface area (Å²) in [4.78, 5) is 2.70. The van der Waals surface area contributed by atoms with E-state index in [0.29, 0.717) is 0 Å². The van der Waals surface area contributed by atoms with Crippen LogP contribution >= 0.6 is 0 Å². The van der Waals surface area contributed by atoms with Gasteiger partial charge in [-0.3, -0.25) is 0 Å². The molecule has 0 bridgehead atoms.